The number of benzene rings is 1. The predicted molar refractivity (Wildman–Crippen MR) is 99.9 cm³/mol. The molecule has 0 atom stereocenters. The maximum absolute atomic E-state index is 14.1. The number of rotatable bonds is 6. The van der Waals surface area contributed by atoms with E-state index in [2.05, 4.69) is 10.3 Å². The van der Waals surface area contributed by atoms with Gasteiger partial charge in [0.1, 0.15) is 5.69 Å². The number of hydrogen-bond acceptors (Lipinski definition) is 3. The average molecular weight is 381 g/mol. The van der Waals surface area contributed by atoms with Crippen LogP contribution in [-0.4, -0.2) is 22.0 Å². The zero-order chi connectivity index (χ0) is 19.5. The first kappa shape index (κ1) is 17.9. The number of carbonyl (C=O) groups is 1. The lowest BCUT2D eigenvalue weighted by atomic mass is 10.2. The van der Waals surface area contributed by atoms with Crippen molar-refractivity contribution in [1.29, 1.82) is 0 Å². The van der Waals surface area contributed by atoms with Gasteiger partial charge in [-0.3, -0.25) is 9.78 Å². The summed E-state index contributed by atoms with van der Waals surface area (Å²) in [6.07, 6.45) is 3.78. The number of pyridine rings is 1. The van der Waals surface area contributed by atoms with Crippen molar-refractivity contribution in [3.05, 3.63) is 89.6 Å². The molecule has 0 aliphatic heterocycles. The normalized spacial score (nSPS) is 11.1. The maximum atomic E-state index is 14.1. The molecule has 4 aromatic rings. The molecule has 1 amide bonds. The summed E-state index contributed by atoms with van der Waals surface area (Å²) in [5.74, 6) is -2.16. The number of amides is 1. The minimum absolute atomic E-state index is 0.00954. The van der Waals surface area contributed by atoms with Crippen LogP contribution in [0, 0.1) is 11.6 Å². The topological polar surface area (TPSA) is 60.1 Å². The molecule has 0 bridgehead atoms. The van der Waals surface area contributed by atoms with Gasteiger partial charge < -0.3 is 14.3 Å². The lowest BCUT2D eigenvalue weighted by molar-refractivity contribution is 0.0945. The van der Waals surface area contributed by atoms with Gasteiger partial charge in [0.25, 0.3) is 5.91 Å². The van der Waals surface area contributed by atoms with Gasteiger partial charge >= 0.3 is 0 Å². The third-order valence-corrected chi connectivity index (χ3v) is 4.51. The van der Waals surface area contributed by atoms with Crippen molar-refractivity contribution >= 4 is 17.0 Å². The van der Waals surface area contributed by atoms with Gasteiger partial charge in [-0.25, -0.2) is 8.78 Å². The SMILES string of the molecule is O=C(NCCc1ccccn1)c1cc2occc2n1Cc1cccc(F)c1F. The Morgan fingerprint density at radius 1 is 1.14 bits per heavy atom. The van der Waals surface area contributed by atoms with Crippen LogP contribution in [0.15, 0.2) is 65.4 Å². The molecule has 0 aliphatic carbocycles. The highest BCUT2D eigenvalue weighted by atomic mass is 19.2. The zero-order valence-electron chi connectivity index (χ0n) is 14.9. The van der Waals surface area contributed by atoms with Gasteiger partial charge in [-0.1, -0.05) is 18.2 Å². The summed E-state index contributed by atoms with van der Waals surface area (Å²) >= 11 is 0. The highest BCUT2D eigenvalue weighted by molar-refractivity contribution is 5.97. The van der Waals surface area contributed by atoms with Gasteiger partial charge in [0.2, 0.25) is 0 Å². The van der Waals surface area contributed by atoms with E-state index in [1.54, 1.807) is 22.9 Å². The number of hydrogen-bond donors (Lipinski definition) is 1. The lowest BCUT2D eigenvalue weighted by Crippen LogP contribution is -2.28. The van der Waals surface area contributed by atoms with Crippen molar-refractivity contribution < 1.29 is 18.0 Å². The Bertz CT molecular complexity index is 1120. The summed E-state index contributed by atoms with van der Waals surface area (Å²) in [6.45, 7) is 0.409. The second-order valence-electron chi connectivity index (χ2n) is 6.33. The molecule has 0 saturated carbocycles. The van der Waals surface area contributed by atoms with Crippen molar-refractivity contribution in [2.24, 2.45) is 0 Å². The van der Waals surface area contributed by atoms with Crippen LogP contribution in [-0.2, 0) is 13.0 Å². The Balaban J connectivity index is 1.56. The van der Waals surface area contributed by atoms with Crippen LogP contribution in [0.25, 0.3) is 11.1 Å². The standard InChI is InChI=1S/C21H17F2N3O2/c22-16-6-3-4-14(20(16)23)13-26-17-8-11-28-19(17)12-18(26)21(27)25-10-7-15-5-1-2-9-24-15/h1-6,8-9,11-12H,7,10,13H2,(H,25,27). The second-order valence-corrected chi connectivity index (χ2v) is 6.33. The molecule has 5 nitrogen and oxygen atoms in total. The number of carbonyl (C=O) groups excluding carboxylic acids is 1. The average Bonchev–Trinajstić information content (AvgIpc) is 3.29. The largest absolute Gasteiger partial charge is 0.463 e. The number of halogens is 2. The first-order valence-corrected chi connectivity index (χ1v) is 8.81. The molecule has 0 spiro atoms. The first-order chi connectivity index (χ1) is 13.6. The van der Waals surface area contributed by atoms with E-state index in [1.165, 1.54) is 18.4 Å². The molecule has 0 radical (unpaired) electrons. The van der Waals surface area contributed by atoms with E-state index in [-0.39, 0.29) is 18.0 Å². The molecule has 7 heteroatoms. The lowest BCUT2D eigenvalue weighted by Gasteiger charge is -2.11. The van der Waals surface area contributed by atoms with E-state index in [1.807, 2.05) is 18.2 Å². The van der Waals surface area contributed by atoms with Crippen molar-refractivity contribution in [2.45, 2.75) is 13.0 Å². The quantitative estimate of drug-likeness (QED) is 0.551. The molecule has 1 aromatic carbocycles. The van der Waals surface area contributed by atoms with Gasteiger partial charge in [0, 0.05) is 42.6 Å². The fourth-order valence-electron chi connectivity index (χ4n) is 3.12. The fraction of sp³-hybridized carbons (Fsp3) is 0.143. The third-order valence-electron chi connectivity index (χ3n) is 4.51. The Labute approximate surface area is 159 Å². The van der Waals surface area contributed by atoms with Crippen LogP contribution in [0.3, 0.4) is 0 Å². The molecule has 0 fully saturated rings. The number of nitrogens with zero attached hydrogens (tertiary/aromatic N) is 2. The smallest absolute Gasteiger partial charge is 0.268 e. The first-order valence-electron chi connectivity index (χ1n) is 8.81. The van der Waals surface area contributed by atoms with Crippen molar-refractivity contribution in [3.63, 3.8) is 0 Å². The van der Waals surface area contributed by atoms with E-state index >= 15 is 0 Å². The second kappa shape index (κ2) is 7.64. The van der Waals surface area contributed by atoms with Crippen LogP contribution < -0.4 is 5.32 Å². The molecule has 142 valence electrons. The van der Waals surface area contributed by atoms with Gasteiger partial charge in [-0.05, 0) is 18.2 Å². The highest BCUT2D eigenvalue weighted by Gasteiger charge is 2.19. The van der Waals surface area contributed by atoms with Crippen LogP contribution in [0.4, 0.5) is 8.78 Å². The Kier molecular flexibility index (Phi) is 4.89. The monoisotopic (exact) mass is 381 g/mol. The van der Waals surface area contributed by atoms with E-state index in [0.29, 0.717) is 29.8 Å². The van der Waals surface area contributed by atoms with Gasteiger partial charge in [-0.2, -0.15) is 0 Å². The molecular weight excluding hydrogens is 364 g/mol. The Morgan fingerprint density at radius 2 is 2.04 bits per heavy atom. The molecule has 28 heavy (non-hydrogen) atoms. The highest BCUT2D eigenvalue weighted by Crippen LogP contribution is 2.24. The van der Waals surface area contributed by atoms with Crippen LogP contribution in [0.1, 0.15) is 21.7 Å². The number of aromatic nitrogens is 2. The van der Waals surface area contributed by atoms with E-state index in [9.17, 15) is 13.6 Å². The number of fused-ring (bicyclic) bond motifs is 1. The zero-order valence-corrected chi connectivity index (χ0v) is 14.9. The fourth-order valence-corrected chi connectivity index (χ4v) is 3.12. The van der Waals surface area contributed by atoms with Crippen molar-refractivity contribution in [3.8, 4) is 0 Å². The number of furan rings is 1. The summed E-state index contributed by atoms with van der Waals surface area (Å²) in [4.78, 5) is 16.9. The van der Waals surface area contributed by atoms with Gasteiger partial charge in [0.05, 0.1) is 18.3 Å². The van der Waals surface area contributed by atoms with Crippen molar-refractivity contribution in [1.82, 2.24) is 14.9 Å². The van der Waals surface area contributed by atoms with E-state index in [4.69, 9.17) is 4.42 Å². The molecule has 3 aromatic heterocycles. The Morgan fingerprint density at radius 3 is 2.86 bits per heavy atom. The molecule has 4 rings (SSSR count). The van der Waals surface area contributed by atoms with E-state index in [0.717, 1.165) is 11.8 Å². The van der Waals surface area contributed by atoms with Crippen LogP contribution in [0.5, 0.6) is 0 Å². The Hall–Kier alpha value is -3.48. The predicted octanol–water partition coefficient (Wildman–Crippen LogP) is 3.93. The summed E-state index contributed by atoms with van der Waals surface area (Å²) < 4.78 is 34.7. The van der Waals surface area contributed by atoms with Crippen LogP contribution >= 0.6 is 0 Å². The molecule has 0 aliphatic rings. The van der Waals surface area contributed by atoms with Gasteiger partial charge in [0.15, 0.2) is 17.2 Å². The van der Waals surface area contributed by atoms with Crippen LogP contribution in [0.2, 0.25) is 0 Å². The number of nitrogens with one attached hydrogen (secondary N) is 1. The molecular formula is C21H17F2N3O2. The summed E-state index contributed by atoms with van der Waals surface area (Å²) in [5.41, 5.74) is 2.49. The summed E-state index contributed by atoms with van der Waals surface area (Å²) in [5, 5.41) is 2.84. The van der Waals surface area contributed by atoms with E-state index < -0.39 is 11.6 Å². The molecule has 1 N–H and O–H groups in total. The molecule has 0 unspecified atom stereocenters. The minimum Gasteiger partial charge on any atom is -0.463 e. The van der Waals surface area contributed by atoms with Crippen molar-refractivity contribution in [2.75, 3.05) is 6.54 Å². The minimum atomic E-state index is -0.922. The third kappa shape index (κ3) is 3.51. The maximum Gasteiger partial charge on any atom is 0.268 e. The summed E-state index contributed by atoms with van der Waals surface area (Å²) in [6, 6.07) is 12.9. The molecule has 0 saturated heterocycles. The molecule has 3 heterocycles. The van der Waals surface area contributed by atoms with Gasteiger partial charge in [-0.15, -0.1) is 0 Å². The summed E-state index contributed by atoms with van der Waals surface area (Å²) in [7, 11) is 0.